The standard InChI is InChI=1S/C19H27N5O2S2/c1-8-9-24(18(25)26-19(5,6)7)28-17(21-14(4)27)15-10-12(2)16-20-13(3)11-23(16)22-15/h8,10-11,14,27H,1,9H2,2-7H3/b21-17+. The Bertz CT molecular complexity index is 900. The van der Waals surface area contributed by atoms with E-state index in [-0.39, 0.29) is 5.37 Å². The fourth-order valence-corrected chi connectivity index (χ4v) is 3.43. The molecule has 0 aliphatic rings. The van der Waals surface area contributed by atoms with Crippen molar-refractivity contribution < 1.29 is 9.53 Å². The van der Waals surface area contributed by atoms with Gasteiger partial charge in [-0.2, -0.15) is 17.7 Å². The van der Waals surface area contributed by atoms with Gasteiger partial charge in [0.25, 0.3) is 0 Å². The molecule has 28 heavy (non-hydrogen) atoms. The van der Waals surface area contributed by atoms with Gasteiger partial charge in [-0.25, -0.2) is 18.6 Å². The van der Waals surface area contributed by atoms with E-state index in [4.69, 9.17) is 4.74 Å². The average molecular weight is 422 g/mol. The van der Waals surface area contributed by atoms with E-state index in [0.29, 0.717) is 17.3 Å². The minimum atomic E-state index is -0.604. The molecule has 0 N–H and O–H groups in total. The molecule has 0 bridgehead atoms. The van der Waals surface area contributed by atoms with Crippen LogP contribution in [0.5, 0.6) is 0 Å². The maximum absolute atomic E-state index is 12.6. The number of hydrogen-bond donors (Lipinski definition) is 1. The van der Waals surface area contributed by atoms with Gasteiger partial charge in [-0.1, -0.05) is 6.08 Å². The van der Waals surface area contributed by atoms with Gasteiger partial charge in [0, 0.05) is 11.9 Å². The van der Waals surface area contributed by atoms with Gasteiger partial charge in [0.05, 0.1) is 23.8 Å². The first-order chi connectivity index (χ1) is 13.0. The lowest BCUT2D eigenvalue weighted by Gasteiger charge is -2.26. The number of ether oxygens (including phenoxy) is 1. The van der Waals surface area contributed by atoms with E-state index in [1.807, 2.05) is 53.8 Å². The molecule has 0 fully saturated rings. The summed E-state index contributed by atoms with van der Waals surface area (Å²) >= 11 is 5.54. The third-order valence-electron chi connectivity index (χ3n) is 3.34. The molecule has 9 heteroatoms. The van der Waals surface area contributed by atoms with Gasteiger partial charge in [-0.05, 0) is 53.2 Å². The number of rotatable bonds is 4. The number of thiol groups is 1. The normalized spacial score (nSPS) is 13.5. The van der Waals surface area contributed by atoms with Crippen molar-refractivity contribution in [2.75, 3.05) is 6.54 Å². The average Bonchev–Trinajstić information content (AvgIpc) is 2.92. The van der Waals surface area contributed by atoms with Crippen LogP contribution in [0.3, 0.4) is 0 Å². The highest BCUT2D eigenvalue weighted by atomic mass is 32.2. The van der Waals surface area contributed by atoms with Crippen molar-refractivity contribution in [1.82, 2.24) is 18.9 Å². The van der Waals surface area contributed by atoms with Gasteiger partial charge in [0.2, 0.25) is 0 Å². The predicted molar refractivity (Wildman–Crippen MR) is 118 cm³/mol. The molecule has 1 amide bonds. The molecule has 0 saturated heterocycles. The quantitative estimate of drug-likeness (QED) is 0.260. The van der Waals surface area contributed by atoms with Crippen LogP contribution in [0.1, 0.15) is 44.6 Å². The summed E-state index contributed by atoms with van der Waals surface area (Å²) in [4.78, 5) is 21.6. The van der Waals surface area contributed by atoms with Gasteiger partial charge in [0.1, 0.15) is 16.3 Å². The van der Waals surface area contributed by atoms with E-state index < -0.39 is 11.7 Å². The maximum atomic E-state index is 12.6. The second-order valence-electron chi connectivity index (χ2n) is 7.35. The zero-order valence-electron chi connectivity index (χ0n) is 17.1. The fraction of sp³-hybridized carbons (Fsp3) is 0.474. The number of aromatic nitrogens is 3. The lowest BCUT2D eigenvalue weighted by molar-refractivity contribution is 0.0419. The van der Waals surface area contributed by atoms with Gasteiger partial charge < -0.3 is 4.74 Å². The van der Waals surface area contributed by atoms with Crippen molar-refractivity contribution in [3.8, 4) is 0 Å². The van der Waals surface area contributed by atoms with Crippen LogP contribution in [0.2, 0.25) is 0 Å². The van der Waals surface area contributed by atoms with Crippen molar-refractivity contribution in [3.05, 3.63) is 41.9 Å². The van der Waals surface area contributed by atoms with Gasteiger partial charge in [-0.3, -0.25) is 4.99 Å². The van der Waals surface area contributed by atoms with E-state index in [1.54, 1.807) is 10.6 Å². The number of nitrogens with zero attached hydrogens (tertiary/aromatic N) is 5. The van der Waals surface area contributed by atoms with Gasteiger partial charge in [0.15, 0.2) is 5.65 Å². The summed E-state index contributed by atoms with van der Waals surface area (Å²) in [7, 11) is 0. The molecule has 0 spiro atoms. The van der Waals surface area contributed by atoms with E-state index in [9.17, 15) is 4.79 Å². The monoisotopic (exact) mass is 421 g/mol. The molecule has 1 atom stereocenters. The second kappa shape index (κ2) is 9.00. The number of aliphatic imine (C=N–C) groups is 1. The highest BCUT2D eigenvalue weighted by Gasteiger charge is 2.25. The van der Waals surface area contributed by atoms with Crippen molar-refractivity contribution in [2.45, 2.75) is 52.5 Å². The third-order valence-corrected chi connectivity index (χ3v) is 4.46. The molecule has 0 saturated carbocycles. The topological polar surface area (TPSA) is 72.1 Å². The Morgan fingerprint density at radius 3 is 2.75 bits per heavy atom. The number of aryl methyl sites for hydroxylation is 2. The molecule has 0 aliphatic carbocycles. The molecule has 1 unspecified atom stereocenters. The van der Waals surface area contributed by atoms with Crippen LogP contribution in [-0.4, -0.2) is 47.6 Å². The zero-order valence-corrected chi connectivity index (χ0v) is 18.8. The number of hydrogen-bond acceptors (Lipinski definition) is 7. The second-order valence-corrected chi connectivity index (χ2v) is 9.11. The number of carbonyl (C=O) groups excluding carboxylic acids is 1. The van der Waals surface area contributed by atoms with Crippen LogP contribution in [0.15, 0.2) is 29.9 Å². The minimum Gasteiger partial charge on any atom is -0.443 e. The summed E-state index contributed by atoms with van der Waals surface area (Å²) in [6, 6.07) is 1.91. The highest BCUT2D eigenvalue weighted by Crippen LogP contribution is 2.23. The number of carbonyl (C=O) groups is 1. The van der Waals surface area contributed by atoms with Crippen LogP contribution in [0, 0.1) is 13.8 Å². The summed E-state index contributed by atoms with van der Waals surface area (Å²) in [5.41, 5.74) is 2.66. The lowest BCUT2D eigenvalue weighted by Crippen LogP contribution is -2.34. The number of fused-ring (bicyclic) bond motifs is 1. The van der Waals surface area contributed by atoms with Gasteiger partial charge >= 0.3 is 6.09 Å². The lowest BCUT2D eigenvalue weighted by atomic mass is 10.2. The molecule has 2 heterocycles. The van der Waals surface area contributed by atoms with Crippen LogP contribution < -0.4 is 0 Å². The molecule has 2 aromatic rings. The predicted octanol–water partition coefficient (Wildman–Crippen LogP) is 4.44. The molecule has 7 nitrogen and oxygen atoms in total. The maximum Gasteiger partial charge on any atom is 0.421 e. The van der Waals surface area contributed by atoms with Crippen LogP contribution >= 0.6 is 24.6 Å². The largest absolute Gasteiger partial charge is 0.443 e. The summed E-state index contributed by atoms with van der Waals surface area (Å²) in [6.45, 7) is 15.2. The summed E-state index contributed by atoms with van der Waals surface area (Å²) in [5, 5.41) is 4.91. The Morgan fingerprint density at radius 1 is 1.50 bits per heavy atom. The Balaban J connectivity index is 2.42. The Hall–Kier alpha value is -2.00. The smallest absolute Gasteiger partial charge is 0.421 e. The summed E-state index contributed by atoms with van der Waals surface area (Å²) in [5.74, 6) is 0. The van der Waals surface area contributed by atoms with E-state index >= 15 is 0 Å². The van der Waals surface area contributed by atoms with Crippen LogP contribution in [0.4, 0.5) is 4.79 Å². The molecule has 0 radical (unpaired) electrons. The van der Waals surface area contributed by atoms with Crippen molar-refractivity contribution in [1.29, 1.82) is 0 Å². The first-order valence-corrected chi connectivity index (χ1v) is 10.2. The van der Waals surface area contributed by atoms with E-state index in [1.165, 1.54) is 4.31 Å². The number of imidazole rings is 1. The van der Waals surface area contributed by atoms with Crippen molar-refractivity contribution in [3.63, 3.8) is 0 Å². The molecular weight excluding hydrogens is 394 g/mol. The SMILES string of the molecule is C=CCN(S/C(=N/C(C)S)c1cc(C)c2nc(C)cn2n1)C(=O)OC(C)(C)C. The fourth-order valence-electron chi connectivity index (χ4n) is 2.34. The van der Waals surface area contributed by atoms with Gasteiger partial charge in [-0.15, -0.1) is 6.58 Å². The molecule has 2 rings (SSSR count). The molecule has 0 aromatic carbocycles. The molecule has 152 valence electrons. The first kappa shape index (κ1) is 22.3. The Labute approximate surface area is 175 Å². The summed E-state index contributed by atoms with van der Waals surface area (Å²) in [6.07, 6.45) is 3.03. The van der Waals surface area contributed by atoms with Crippen LogP contribution in [-0.2, 0) is 4.74 Å². The highest BCUT2D eigenvalue weighted by molar-refractivity contribution is 8.12. The Kier molecular flexibility index (Phi) is 7.16. The van der Waals surface area contributed by atoms with E-state index in [0.717, 1.165) is 28.9 Å². The molecular formula is C19H27N5O2S2. The van der Waals surface area contributed by atoms with Crippen LogP contribution in [0.25, 0.3) is 5.65 Å². The summed E-state index contributed by atoms with van der Waals surface area (Å²) < 4.78 is 8.69. The molecule has 2 aromatic heterocycles. The van der Waals surface area contributed by atoms with Crippen molar-refractivity contribution >= 4 is 41.4 Å². The molecule has 0 aliphatic heterocycles. The van der Waals surface area contributed by atoms with E-state index in [2.05, 4.69) is 34.3 Å². The first-order valence-electron chi connectivity index (χ1n) is 8.89. The number of amides is 1. The zero-order chi connectivity index (χ0) is 21.1. The third kappa shape index (κ3) is 6.00. The van der Waals surface area contributed by atoms with Crippen molar-refractivity contribution in [2.24, 2.45) is 4.99 Å². The Morgan fingerprint density at radius 2 is 2.18 bits per heavy atom. The minimum absolute atomic E-state index is 0.269.